The predicted molar refractivity (Wildman–Crippen MR) is 41.3 cm³/mol. The number of allylic oxidation sites excluding steroid dienone is 1. The normalized spacial score (nSPS) is 11.3. The van der Waals surface area contributed by atoms with Gasteiger partial charge in [-0.15, -0.1) is 0 Å². The first-order valence-electron chi connectivity index (χ1n) is 3.26. The molecule has 0 aromatic rings. The fourth-order valence-electron chi connectivity index (χ4n) is 0.697. The Kier molecular flexibility index (Phi) is 3.54. The zero-order valence-electron chi connectivity index (χ0n) is 6.72. The summed E-state index contributed by atoms with van der Waals surface area (Å²) < 4.78 is 0. The number of primary amides is 1. The SMILES string of the molecule is CC/C=C(/C(N)=O)N(C)C. The lowest BCUT2D eigenvalue weighted by Crippen LogP contribution is -2.25. The molecule has 0 rings (SSSR count). The first-order chi connectivity index (χ1) is 4.59. The second kappa shape index (κ2) is 3.93. The molecular formula is C7H14N2O. The van der Waals surface area contributed by atoms with E-state index in [9.17, 15) is 4.79 Å². The van der Waals surface area contributed by atoms with Crippen LogP contribution in [0, 0.1) is 0 Å². The molecule has 0 radical (unpaired) electrons. The molecule has 0 unspecified atom stereocenters. The molecule has 0 saturated carbocycles. The summed E-state index contributed by atoms with van der Waals surface area (Å²) in [4.78, 5) is 12.4. The van der Waals surface area contributed by atoms with E-state index in [1.807, 2.05) is 13.0 Å². The standard InChI is InChI=1S/C7H14N2O/c1-4-5-6(7(8)10)9(2)3/h5H,4H2,1-3H3,(H2,8,10)/b6-5-. The first-order valence-corrected chi connectivity index (χ1v) is 3.26. The molecular weight excluding hydrogens is 128 g/mol. The average Bonchev–Trinajstić information content (AvgIpc) is 1.81. The van der Waals surface area contributed by atoms with Crippen molar-refractivity contribution in [2.24, 2.45) is 5.73 Å². The van der Waals surface area contributed by atoms with Gasteiger partial charge in [-0.2, -0.15) is 0 Å². The van der Waals surface area contributed by atoms with Gasteiger partial charge in [0.1, 0.15) is 0 Å². The van der Waals surface area contributed by atoms with Crippen molar-refractivity contribution in [3.8, 4) is 0 Å². The molecule has 0 bridgehead atoms. The van der Waals surface area contributed by atoms with E-state index >= 15 is 0 Å². The van der Waals surface area contributed by atoms with Gasteiger partial charge in [-0.3, -0.25) is 4.79 Å². The summed E-state index contributed by atoms with van der Waals surface area (Å²) in [6.45, 7) is 1.96. The molecule has 0 saturated heterocycles. The van der Waals surface area contributed by atoms with Gasteiger partial charge < -0.3 is 10.6 Å². The van der Waals surface area contributed by atoms with Gasteiger partial charge in [-0.25, -0.2) is 0 Å². The van der Waals surface area contributed by atoms with Crippen molar-refractivity contribution >= 4 is 5.91 Å². The Labute approximate surface area is 61.5 Å². The summed E-state index contributed by atoms with van der Waals surface area (Å²) >= 11 is 0. The molecule has 0 aliphatic carbocycles. The van der Waals surface area contributed by atoms with Crippen LogP contribution in [-0.2, 0) is 4.79 Å². The Morgan fingerprint density at radius 1 is 1.60 bits per heavy atom. The lowest BCUT2D eigenvalue weighted by atomic mass is 10.3. The minimum absolute atomic E-state index is 0.369. The van der Waals surface area contributed by atoms with Crippen LogP contribution in [0.5, 0.6) is 0 Å². The number of hydrogen-bond acceptors (Lipinski definition) is 2. The van der Waals surface area contributed by atoms with Gasteiger partial charge in [-0.05, 0) is 6.42 Å². The van der Waals surface area contributed by atoms with E-state index in [4.69, 9.17) is 5.73 Å². The van der Waals surface area contributed by atoms with Gasteiger partial charge in [0, 0.05) is 14.1 Å². The molecule has 0 heterocycles. The molecule has 0 aromatic heterocycles. The van der Waals surface area contributed by atoms with Gasteiger partial charge in [0.15, 0.2) is 0 Å². The number of hydrogen-bond donors (Lipinski definition) is 1. The zero-order valence-corrected chi connectivity index (χ0v) is 6.72. The Balaban J connectivity index is 4.27. The highest BCUT2D eigenvalue weighted by Crippen LogP contribution is 1.97. The second-order valence-corrected chi connectivity index (χ2v) is 2.26. The lowest BCUT2D eigenvalue weighted by Gasteiger charge is -2.12. The third-order valence-corrected chi connectivity index (χ3v) is 1.13. The van der Waals surface area contributed by atoms with Crippen LogP contribution in [0.25, 0.3) is 0 Å². The van der Waals surface area contributed by atoms with Crippen molar-refractivity contribution in [3.63, 3.8) is 0 Å². The summed E-state index contributed by atoms with van der Waals surface area (Å²) in [5.74, 6) is -0.369. The van der Waals surface area contributed by atoms with Crippen LogP contribution in [0.2, 0.25) is 0 Å². The molecule has 1 amide bonds. The molecule has 58 valence electrons. The monoisotopic (exact) mass is 142 g/mol. The van der Waals surface area contributed by atoms with Crippen molar-refractivity contribution in [1.82, 2.24) is 4.90 Å². The number of carbonyl (C=O) groups excluding carboxylic acids is 1. The maximum atomic E-state index is 10.6. The van der Waals surface area contributed by atoms with Crippen LogP contribution >= 0.6 is 0 Å². The average molecular weight is 142 g/mol. The maximum Gasteiger partial charge on any atom is 0.264 e. The molecule has 0 aliphatic heterocycles. The minimum Gasteiger partial charge on any atom is -0.373 e. The molecule has 3 nitrogen and oxygen atoms in total. The highest BCUT2D eigenvalue weighted by Gasteiger charge is 2.04. The Morgan fingerprint density at radius 2 is 2.10 bits per heavy atom. The quantitative estimate of drug-likeness (QED) is 0.577. The van der Waals surface area contributed by atoms with Gasteiger partial charge >= 0.3 is 0 Å². The highest BCUT2D eigenvalue weighted by molar-refractivity contribution is 5.91. The highest BCUT2D eigenvalue weighted by atomic mass is 16.1. The molecule has 0 fully saturated rings. The Hall–Kier alpha value is -0.990. The molecule has 2 N–H and O–H groups in total. The van der Waals surface area contributed by atoms with E-state index in [1.165, 1.54) is 0 Å². The molecule has 0 spiro atoms. The summed E-state index contributed by atoms with van der Waals surface area (Å²) in [5, 5.41) is 0. The van der Waals surface area contributed by atoms with Crippen molar-refractivity contribution in [1.29, 1.82) is 0 Å². The van der Waals surface area contributed by atoms with E-state index in [0.29, 0.717) is 5.70 Å². The lowest BCUT2D eigenvalue weighted by molar-refractivity contribution is -0.115. The summed E-state index contributed by atoms with van der Waals surface area (Å²) in [6, 6.07) is 0. The van der Waals surface area contributed by atoms with Crippen LogP contribution in [-0.4, -0.2) is 24.9 Å². The maximum absolute atomic E-state index is 10.6. The van der Waals surface area contributed by atoms with Crippen molar-refractivity contribution in [2.45, 2.75) is 13.3 Å². The summed E-state index contributed by atoms with van der Waals surface area (Å²) in [5.41, 5.74) is 5.65. The van der Waals surface area contributed by atoms with E-state index in [1.54, 1.807) is 19.0 Å². The van der Waals surface area contributed by atoms with E-state index < -0.39 is 0 Å². The largest absolute Gasteiger partial charge is 0.373 e. The van der Waals surface area contributed by atoms with Crippen LogP contribution < -0.4 is 5.73 Å². The number of nitrogens with two attached hydrogens (primary N) is 1. The molecule has 3 heteroatoms. The zero-order chi connectivity index (χ0) is 8.15. The van der Waals surface area contributed by atoms with Crippen molar-refractivity contribution < 1.29 is 4.79 Å². The number of likely N-dealkylation sites (N-methyl/N-ethyl adjacent to an activating group) is 1. The third kappa shape index (κ3) is 2.53. The van der Waals surface area contributed by atoms with Crippen molar-refractivity contribution in [3.05, 3.63) is 11.8 Å². The number of nitrogens with zero attached hydrogens (tertiary/aromatic N) is 1. The van der Waals surface area contributed by atoms with E-state index in [0.717, 1.165) is 6.42 Å². The fraction of sp³-hybridized carbons (Fsp3) is 0.571. The van der Waals surface area contributed by atoms with Crippen LogP contribution in [0.15, 0.2) is 11.8 Å². The van der Waals surface area contributed by atoms with Crippen molar-refractivity contribution in [2.75, 3.05) is 14.1 Å². The molecule has 10 heavy (non-hydrogen) atoms. The van der Waals surface area contributed by atoms with Gasteiger partial charge in [-0.1, -0.05) is 13.0 Å². The fourth-order valence-corrected chi connectivity index (χ4v) is 0.697. The third-order valence-electron chi connectivity index (χ3n) is 1.13. The minimum atomic E-state index is -0.369. The molecule has 0 atom stereocenters. The van der Waals surface area contributed by atoms with Gasteiger partial charge in [0.25, 0.3) is 5.91 Å². The second-order valence-electron chi connectivity index (χ2n) is 2.26. The topological polar surface area (TPSA) is 46.3 Å². The van der Waals surface area contributed by atoms with Crippen LogP contribution in [0.4, 0.5) is 0 Å². The van der Waals surface area contributed by atoms with Gasteiger partial charge in [0.05, 0.1) is 5.70 Å². The Bertz CT molecular complexity index is 150. The number of carbonyl (C=O) groups is 1. The van der Waals surface area contributed by atoms with E-state index in [2.05, 4.69) is 0 Å². The number of amides is 1. The number of rotatable bonds is 3. The summed E-state index contributed by atoms with van der Waals surface area (Å²) in [7, 11) is 3.60. The van der Waals surface area contributed by atoms with E-state index in [-0.39, 0.29) is 5.91 Å². The molecule has 0 aromatic carbocycles. The van der Waals surface area contributed by atoms with Gasteiger partial charge in [0.2, 0.25) is 0 Å². The predicted octanol–water partition coefficient (Wildman–Crippen LogP) is 0.327. The Morgan fingerprint density at radius 3 is 2.20 bits per heavy atom. The summed E-state index contributed by atoms with van der Waals surface area (Å²) in [6.07, 6.45) is 2.64. The van der Waals surface area contributed by atoms with Crippen LogP contribution in [0.1, 0.15) is 13.3 Å². The smallest absolute Gasteiger partial charge is 0.264 e. The van der Waals surface area contributed by atoms with Crippen LogP contribution in [0.3, 0.4) is 0 Å². The molecule has 0 aliphatic rings. The first kappa shape index (κ1) is 9.01.